The van der Waals surface area contributed by atoms with E-state index in [-0.39, 0.29) is 12.2 Å². The highest BCUT2D eigenvalue weighted by molar-refractivity contribution is 5.90. The molecule has 1 fully saturated rings. The molecule has 0 spiro atoms. The van der Waals surface area contributed by atoms with Gasteiger partial charge in [0.1, 0.15) is 11.7 Å². The van der Waals surface area contributed by atoms with Gasteiger partial charge in [-0.2, -0.15) is 0 Å². The summed E-state index contributed by atoms with van der Waals surface area (Å²) in [6.45, 7) is -0.123. The largest absolute Gasteiger partial charge is 0.452 e. The molecule has 1 heterocycles. The molecule has 0 radical (unpaired) electrons. The highest BCUT2D eigenvalue weighted by Crippen LogP contribution is 2.41. The number of ether oxygens (including phenoxy) is 4. The Morgan fingerprint density at radius 2 is 0.911 bits per heavy atom. The average molecular weight is 601 g/mol. The van der Waals surface area contributed by atoms with Crippen LogP contribution in [0.5, 0.6) is 0 Å². The summed E-state index contributed by atoms with van der Waals surface area (Å²) in [6.07, 6.45) is -5.05. The van der Waals surface area contributed by atoms with Gasteiger partial charge in [-0.3, -0.25) is 0 Å². The minimum absolute atomic E-state index is 0.123. The van der Waals surface area contributed by atoms with E-state index in [1.54, 1.807) is 60.7 Å². The van der Waals surface area contributed by atoms with Crippen molar-refractivity contribution in [1.82, 2.24) is 0 Å². The van der Waals surface area contributed by atoms with Crippen LogP contribution in [0.1, 0.15) is 37.4 Å². The van der Waals surface area contributed by atoms with Crippen molar-refractivity contribution in [1.29, 1.82) is 0 Å². The molecule has 5 aromatic rings. The minimum atomic E-state index is -1.57. The first-order valence-corrected chi connectivity index (χ1v) is 14.7. The van der Waals surface area contributed by atoms with E-state index in [0.717, 1.165) is 16.7 Å². The lowest BCUT2D eigenvalue weighted by Crippen LogP contribution is -2.43. The van der Waals surface area contributed by atoms with Crippen molar-refractivity contribution < 1.29 is 33.6 Å². The number of hydrogen-bond donors (Lipinski definition) is 1. The Kier molecular flexibility index (Phi) is 9.12. The predicted molar refractivity (Wildman–Crippen MR) is 167 cm³/mol. The lowest BCUT2D eigenvalue weighted by atomic mass is 9.80. The molecule has 7 heteroatoms. The first-order chi connectivity index (χ1) is 22.1. The second-order valence-electron chi connectivity index (χ2n) is 10.6. The van der Waals surface area contributed by atoms with E-state index in [2.05, 4.69) is 0 Å². The zero-order valence-corrected chi connectivity index (χ0v) is 24.3. The van der Waals surface area contributed by atoms with Crippen LogP contribution in [0, 0.1) is 0 Å². The van der Waals surface area contributed by atoms with Crippen molar-refractivity contribution in [2.75, 3.05) is 6.61 Å². The number of hydrogen-bond acceptors (Lipinski definition) is 7. The molecule has 1 saturated heterocycles. The van der Waals surface area contributed by atoms with E-state index in [0.29, 0.717) is 5.56 Å². The summed E-state index contributed by atoms with van der Waals surface area (Å²) in [4.78, 5) is 26.3. The fourth-order valence-electron chi connectivity index (χ4n) is 5.62. The van der Waals surface area contributed by atoms with Crippen LogP contribution in [0.15, 0.2) is 152 Å². The van der Waals surface area contributed by atoms with Gasteiger partial charge in [-0.1, -0.05) is 127 Å². The molecule has 1 aliphatic rings. The number of benzene rings is 5. The van der Waals surface area contributed by atoms with Crippen LogP contribution in [0.4, 0.5) is 0 Å². The minimum Gasteiger partial charge on any atom is -0.452 e. The number of carbonyl (C=O) groups excluding carboxylic acids is 2. The highest BCUT2D eigenvalue weighted by atomic mass is 16.7. The Morgan fingerprint density at radius 1 is 0.556 bits per heavy atom. The molecule has 0 amide bonds. The van der Waals surface area contributed by atoms with Crippen molar-refractivity contribution in [2.24, 2.45) is 0 Å². The number of aliphatic hydroxyl groups is 1. The Labute approximate surface area is 261 Å². The first-order valence-electron chi connectivity index (χ1n) is 14.7. The van der Waals surface area contributed by atoms with Gasteiger partial charge in [-0.15, -0.1) is 0 Å². The Balaban J connectivity index is 1.36. The van der Waals surface area contributed by atoms with Crippen LogP contribution in [0.25, 0.3) is 0 Å². The molecular formula is C38H32O7. The summed E-state index contributed by atoms with van der Waals surface area (Å²) >= 11 is 0. The fraction of sp³-hybridized carbons (Fsp3) is 0.158. The topological polar surface area (TPSA) is 91.3 Å². The molecule has 1 aliphatic heterocycles. The molecule has 6 rings (SSSR count). The van der Waals surface area contributed by atoms with Crippen LogP contribution in [0.2, 0.25) is 0 Å². The van der Waals surface area contributed by atoms with Gasteiger partial charge in [0.25, 0.3) is 0 Å². The third kappa shape index (κ3) is 6.42. The van der Waals surface area contributed by atoms with Gasteiger partial charge in [0, 0.05) is 0 Å². The maximum absolute atomic E-state index is 13.3. The summed E-state index contributed by atoms with van der Waals surface area (Å²) < 4.78 is 24.5. The standard InChI is InChI=1S/C38H32O7/c39-35(27-16-6-1-7-17-27)44-33-32(43-37(41)34(33)45-36(40)28-18-8-2-9-19-28)26-42-38(29-20-10-3-11-21-29,30-22-12-4-13-23-30)31-24-14-5-15-25-31/h1-25,32-34,37,41H,26H2/t32-,33+,34+,37?/m1/s1. The van der Waals surface area contributed by atoms with Gasteiger partial charge in [-0.05, 0) is 41.0 Å². The number of carbonyl (C=O) groups is 2. The van der Waals surface area contributed by atoms with Crippen molar-refractivity contribution in [3.8, 4) is 0 Å². The molecule has 0 saturated carbocycles. The average Bonchev–Trinajstić information content (AvgIpc) is 3.39. The maximum atomic E-state index is 13.3. The molecule has 5 aromatic carbocycles. The molecule has 45 heavy (non-hydrogen) atoms. The summed E-state index contributed by atoms with van der Waals surface area (Å²) in [5.74, 6) is -1.33. The van der Waals surface area contributed by atoms with Gasteiger partial charge in [0.05, 0.1) is 17.7 Å². The smallest absolute Gasteiger partial charge is 0.338 e. The predicted octanol–water partition coefficient (Wildman–Crippen LogP) is 6.16. The van der Waals surface area contributed by atoms with Gasteiger partial charge < -0.3 is 24.1 Å². The number of rotatable bonds is 10. The van der Waals surface area contributed by atoms with E-state index in [4.69, 9.17) is 18.9 Å². The normalized spacial score (nSPS) is 19.5. The fourth-order valence-corrected chi connectivity index (χ4v) is 5.62. The molecule has 1 N–H and O–H groups in total. The molecule has 1 unspecified atom stereocenters. The number of esters is 2. The third-order valence-corrected chi connectivity index (χ3v) is 7.80. The van der Waals surface area contributed by atoms with E-state index in [1.165, 1.54) is 0 Å². The van der Waals surface area contributed by atoms with Crippen LogP contribution >= 0.6 is 0 Å². The van der Waals surface area contributed by atoms with Crippen molar-refractivity contribution >= 4 is 11.9 Å². The quantitative estimate of drug-likeness (QED) is 0.152. The highest BCUT2D eigenvalue weighted by Gasteiger charge is 2.51. The lowest BCUT2D eigenvalue weighted by molar-refractivity contribution is -0.146. The third-order valence-electron chi connectivity index (χ3n) is 7.80. The van der Waals surface area contributed by atoms with Crippen molar-refractivity contribution in [3.05, 3.63) is 179 Å². The van der Waals surface area contributed by atoms with Crippen LogP contribution in [0.3, 0.4) is 0 Å². The van der Waals surface area contributed by atoms with Crippen LogP contribution in [-0.2, 0) is 24.5 Å². The summed E-state index contributed by atoms with van der Waals surface area (Å²) in [7, 11) is 0. The second kappa shape index (κ2) is 13.7. The van der Waals surface area contributed by atoms with E-state index < -0.39 is 42.1 Å². The Morgan fingerprint density at radius 3 is 1.31 bits per heavy atom. The molecule has 4 atom stereocenters. The maximum Gasteiger partial charge on any atom is 0.338 e. The van der Waals surface area contributed by atoms with Gasteiger partial charge >= 0.3 is 11.9 Å². The van der Waals surface area contributed by atoms with Crippen molar-refractivity contribution in [3.63, 3.8) is 0 Å². The van der Waals surface area contributed by atoms with Crippen LogP contribution < -0.4 is 0 Å². The summed E-state index contributed by atoms with van der Waals surface area (Å²) in [5, 5.41) is 11.0. The molecular weight excluding hydrogens is 568 g/mol. The summed E-state index contributed by atoms with van der Waals surface area (Å²) in [6, 6.07) is 46.3. The Bertz CT molecular complexity index is 1580. The zero-order chi connectivity index (χ0) is 31.1. The Hall–Kier alpha value is -5.08. The monoisotopic (exact) mass is 600 g/mol. The molecule has 7 nitrogen and oxygen atoms in total. The molecule has 0 aromatic heterocycles. The molecule has 0 bridgehead atoms. The second-order valence-corrected chi connectivity index (χ2v) is 10.6. The first kappa shape index (κ1) is 30.0. The van der Waals surface area contributed by atoms with Gasteiger partial charge in [0.2, 0.25) is 0 Å². The van der Waals surface area contributed by atoms with Gasteiger partial charge in [-0.25, -0.2) is 9.59 Å². The van der Waals surface area contributed by atoms with E-state index in [1.807, 2.05) is 91.0 Å². The van der Waals surface area contributed by atoms with Crippen LogP contribution in [-0.4, -0.2) is 48.3 Å². The lowest BCUT2D eigenvalue weighted by Gasteiger charge is -2.37. The molecule has 0 aliphatic carbocycles. The SMILES string of the molecule is O=C(O[C@@H]1[C@H](OC(=O)c2ccccc2)C(O)O[C@@H]1COC(c1ccccc1)(c1ccccc1)c1ccccc1)c1ccccc1. The number of aliphatic hydroxyl groups excluding tert-OH is 1. The zero-order valence-electron chi connectivity index (χ0n) is 24.3. The van der Waals surface area contributed by atoms with E-state index in [9.17, 15) is 14.7 Å². The molecule has 226 valence electrons. The summed E-state index contributed by atoms with van der Waals surface area (Å²) in [5.41, 5.74) is 2.10. The van der Waals surface area contributed by atoms with E-state index >= 15 is 0 Å². The van der Waals surface area contributed by atoms with Crippen molar-refractivity contribution in [2.45, 2.75) is 30.2 Å². The van der Waals surface area contributed by atoms with Gasteiger partial charge in [0.15, 0.2) is 18.5 Å².